The summed E-state index contributed by atoms with van der Waals surface area (Å²) in [5.41, 5.74) is 0. The SMILES string of the molecule is Oc1[c]c2cc3cc4ccccc4cc3cc2cc1O. The molecule has 0 saturated heterocycles. The maximum atomic E-state index is 9.58. The summed E-state index contributed by atoms with van der Waals surface area (Å²) in [6.07, 6.45) is 0. The summed E-state index contributed by atoms with van der Waals surface area (Å²) in [5, 5.41) is 25.4. The molecule has 20 heavy (non-hydrogen) atoms. The minimum Gasteiger partial charge on any atom is -0.504 e. The van der Waals surface area contributed by atoms with Crippen molar-refractivity contribution in [2.24, 2.45) is 0 Å². The highest BCUT2D eigenvalue weighted by Gasteiger charge is 2.05. The van der Waals surface area contributed by atoms with Crippen molar-refractivity contribution in [2.45, 2.75) is 0 Å². The Morgan fingerprint density at radius 2 is 1.25 bits per heavy atom. The van der Waals surface area contributed by atoms with E-state index in [0.717, 1.165) is 21.5 Å². The highest BCUT2D eigenvalue weighted by Crippen LogP contribution is 2.33. The van der Waals surface area contributed by atoms with Crippen molar-refractivity contribution in [3.63, 3.8) is 0 Å². The molecule has 0 heterocycles. The molecular formula is C18H11O2. The van der Waals surface area contributed by atoms with Gasteiger partial charge in [0.15, 0.2) is 11.5 Å². The fraction of sp³-hybridized carbons (Fsp3) is 0. The number of phenols is 2. The second-order valence-electron chi connectivity index (χ2n) is 4.99. The van der Waals surface area contributed by atoms with Crippen LogP contribution in [-0.2, 0) is 0 Å². The van der Waals surface area contributed by atoms with E-state index in [-0.39, 0.29) is 11.5 Å². The normalized spacial score (nSPS) is 11.4. The van der Waals surface area contributed by atoms with Crippen LogP contribution in [0.1, 0.15) is 0 Å². The lowest BCUT2D eigenvalue weighted by Gasteiger charge is -2.06. The van der Waals surface area contributed by atoms with Crippen LogP contribution in [0.3, 0.4) is 0 Å². The minimum absolute atomic E-state index is 0.141. The molecule has 0 aromatic heterocycles. The van der Waals surface area contributed by atoms with Crippen LogP contribution in [-0.4, -0.2) is 10.2 Å². The van der Waals surface area contributed by atoms with E-state index in [1.807, 2.05) is 24.3 Å². The molecule has 4 aromatic rings. The average molecular weight is 259 g/mol. The molecule has 2 N–H and O–H groups in total. The zero-order valence-corrected chi connectivity index (χ0v) is 10.6. The molecule has 0 spiro atoms. The van der Waals surface area contributed by atoms with Crippen LogP contribution in [0.5, 0.6) is 11.5 Å². The van der Waals surface area contributed by atoms with Crippen LogP contribution < -0.4 is 0 Å². The quantitative estimate of drug-likeness (QED) is 0.364. The van der Waals surface area contributed by atoms with Crippen LogP contribution in [0.15, 0.2) is 54.6 Å². The van der Waals surface area contributed by atoms with Crippen molar-refractivity contribution < 1.29 is 10.2 Å². The smallest absolute Gasteiger partial charge is 0.166 e. The molecule has 0 saturated carbocycles. The first-order valence-electron chi connectivity index (χ1n) is 6.41. The summed E-state index contributed by atoms with van der Waals surface area (Å²) in [4.78, 5) is 0. The number of rotatable bonds is 0. The Bertz CT molecular complexity index is 891. The molecule has 1 radical (unpaired) electrons. The van der Waals surface area contributed by atoms with Gasteiger partial charge in [-0.25, -0.2) is 0 Å². The Labute approximate surface area is 115 Å². The number of phenolic OH excluding ortho intramolecular Hbond substituents is 2. The van der Waals surface area contributed by atoms with Crippen molar-refractivity contribution in [3.8, 4) is 11.5 Å². The summed E-state index contributed by atoms with van der Waals surface area (Å²) < 4.78 is 0. The topological polar surface area (TPSA) is 40.5 Å². The van der Waals surface area contributed by atoms with E-state index < -0.39 is 0 Å². The van der Waals surface area contributed by atoms with E-state index in [9.17, 15) is 10.2 Å². The van der Waals surface area contributed by atoms with Crippen molar-refractivity contribution in [2.75, 3.05) is 0 Å². The fourth-order valence-corrected chi connectivity index (χ4v) is 2.64. The molecule has 2 nitrogen and oxygen atoms in total. The van der Waals surface area contributed by atoms with E-state index in [0.29, 0.717) is 0 Å². The largest absolute Gasteiger partial charge is 0.504 e. The molecule has 4 rings (SSSR count). The Balaban J connectivity index is 2.15. The van der Waals surface area contributed by atoms with Gasteiger partial charge in [-0.2, -0.15) is 0 Å². The lowest BCUT2D eigenvalue weighted by molar-refractivity contribution is 0.404. The maximum Gasteiger partial charge on any atom is 0.166 e. The monoisotopic (exact) mass is 259 g/mol. The third-order valence-corrected chi connectivity index (χ3v) is 3.66. The second kappa shape index (κ2) is 3.87. The predicted octanol–water partition coefficient (Wildman–Crippen LogP) is 4.36. The van der Waals surface area contributed by atoms with E-state index in [4.69, 9.17) is 0 Å². The molecule has 2 heteroatoms. The van der Waals surface area contributed by atoms with Gasteiger partial charge >= 0.3 is 0 Å². The Morgan fingerprint density at radius 3 is 1.95 bits per heavy atom. The molecule has 4 aromatic carbocycles. The zero-order valence-electron chi connectivity index (χ0n) is 10.6. The molecule has 0 amide bonds. The van der Waals surface area contributed by atoms with Gasteiger partial charge in [0.05, 0.1) is 0 Å². The van der Waals surface area contributed by atoms with Crippen molar-refractivity contribution in [1.82, 2.24) is 0 Å². The van der Waals surface area contributed by atoms with Gasteiger partial charge in [0.2, 0.25) is 0 Å². The summed E-state index contributed by atoms with van der Waals surface area (Å²) >= 11 is 0. The van der Waals surface area contributed by atoms with Crippen LogP contribution in [0.2, 0.25) is 0 Å². The summed E-state index contributed by atoms with van der Waals surface area (Å²) in [7, 11) is 0. The molecule has 0 aliphatic rings. The maximum absolute atomic E-state index is 9.58. The number of benzene rings is 4. The average Bonchev–Trinajstić information content (AvgIpc) is 2.44. The summed E-state index contributed by atoms with van der Waals surface area (Å²) in [6.45, 7) is 0. The van der Waals surface area contributed by atoms with Crippen LogP contribution in [0.25, 0.3) is 32.3 Å². The number of hydrogen-bond acceptors (Lipinski definition) is 2. The first kappa shape index (κ1) is 11.1. The van der Waals surface area contributed by atoms with Gasteiger partial charge in [0, 0.05) is 6.07 Å². The van der Waals surface area contributed by atoms with Gasteiger partial charge in [0.1, 0.15) is 0 Å². The standard InChI is InChI=1S/C18H11O2/c19-17-9-15-7-13-5-11-3-1-2-4-12(11)6-14(13)8-16(15)10-18(17)20/h1-9,19-20H. The second-order valence-corrected chi connectivity index (χ2v) is 4.99. The Kier molecular flexibility index (Phi) is 2.15. The lowest BCUT2D eigenvalue weighted by Crippen LogP contribution is -1.79. The first-order chi connectivity index (χ1) is 9.70. The zero-order chi connectivity index (χ0) is 13.7. The van der Waals surface area contributed by atoms with Gasteiger partial charge in [-0.15, -0.1) is 0 Å². The van der Waals surface area contributed by atoms with Crippen molar-refractivity contribution in [1.29, 1.82) is 0 Å². The molecule has 0 aliphatic heterocycles. The van der Waals surface area contributed by atoms with Crippen molar-refractivity contribution in [3.05, 3.63) is 60.7 Å². The minimum atomic E-state index is -0.211. The molecule has 95 valence electrons. The van der Waals surface area contributed by atoms with E-state index in [1.165, 1.54) is 10.8 Å². The summed E-state index contributed by atoms with van der Waals surface area (Å²) in [5.74, 6) is -0.352. The van der Waals surface area contributed by atoms with Gasteiger partial charge < -0.3 is 10.2 Å². The van der Waals surface area contributed by atoms with Crippen LogP contribution in [0.4, 0.5) is 0 Å². The Hall–Kier alpha value is -2.74. The van der Waals surface area contributed by atoms with Gasteiger partial charge in [-0.05, 0) is 62.6 Å². The number of fused-ring (bicyclic) bond motifs is 3. The molecular weight excluding hydrogens is 248 g/mol. The number of hydrogen-bond donors (Lipinski definition) is 2. The van der Waals surface area contributed by atoms with Gasteiger partial charge in [0.25, 0.3) is 0 Å². The van der Waals surface area contributed by atoms with E-state index in [1.54, 1.807) is 6.07 Å². The predicted molar refractivity (Wildman–Crippen MR) is 81.1 cm³/mol. The van der Waals surface area contributed by atoms with Crippen LogP contribution >= 0.6 is 0 Å². The Morgan fingerprint density at radius 1 is 0.650 bits per heavy atom. The lowest BCUT2D eigenvalue weighted by atomic mass is 9.99. The third kappa shape index (κ3) is 1.58. The highest BCUT2D eigenvalue weighted by atomic mass is 16.3. The van der Waals surface area contributed by atoms with Crippen molar-refractivity contribution >= 4 is 32.3 Å². The van der Waals surface area contributed by atoms with Gasteiger partial charge in [-0.1, -0.05) is 24.3 Å². The van der Waals surface area contributed by atoms with Gasteiger partial charge in [-0.3, -0.25) is 0 Å². The molecule has 0 aliphatic carbocycles. The highest BCUT2D eigenvalue weighted by molar-refractivity contribution is 6.05. The first-order valence-corrected chi connectivity index (χ1v) is 6.41. The summed E-state index contributed by atoms with van der Waals surface area (Å²) in [6, 6.07) is 20.8. The molecule has 0 fully saturated rings. The third-order valence-electron chi connectivity index (χ3n) is 3.66. The molecule has 0 atom stereocenters. The van der Waals surface area contributed by atoms with E-state index >= 15 is 0 Å². The van der Waals surface area contributed by atoms with Crippen LogP contribution in [0, 0.1) is 6.07 Å². The molecule has 0 bridgehead atoms. The fourth-order valence-electron chi connectivity index (χ4n) is 2.64. The number of aromatic hydroxyl groups is 2. The van der Waals surface area contributed by atoms with E-state index in [2.05, 4.69) is 30.3 Å². The molecule has 0 unspecified atom stereocenters.